The number of amides is 1. The van der Waals surface area contributed by atoms with Crippen LogP contribution in [0.2, 0.25) is 0 Å². The molecule has 0 spiro atoms. The summed E-state index contributed by atoms with van der Waals surface area (Å²) in [6.45, 7) is 2.22. The smallest absolute Gasteiger partial charge is 0.251 e. The molecule has 3 nitrogen and oxygen atoms in total. The molecule has 1 aliphatic carbocycles. The van der Waals surface area contributed by atoms with E-state index < -0.39 is 0 Å². The molecule has 0 aromatic heterocycles. The van der Waals surface area contributed by atoms with Gasteiger partial charge in [0.25, 0.3) is 5.91 Å². The molecule has 0 saturated heterocycles. The van der Waals surface area contributed by atoms with Gasteiger partial charge < -0.3 is 10.1 Å². The van der Waals surface area contributed by atoms with Gasteiger partial charge in [0.15, 0.2) is 0 Å². The normalized spacial score (nSPS) is 21.7. The maximum absolute atomic E-state index is 12.3. The molecule has 1 N–H and O–H groups in total. The Morgan fingerprint density at radius 1 is 1.30 bits per heavy atom. The van der Waals surface area contributed by atoms with Crippen molar-refractivity contribution in [3.63, 3.8) is 0 Å². The van der Waals surface area contributed by atoms with Gasteiger partial charge in [-0.3, -0.25) is 4.79 Å². The first-order chi connectivity index (χ1) is 9.74. The fourth-order valence-electron chi connectivity index (χ4n) is 3.03. The summed E-state index contributed by atoms with van der Waals surface area (Å²) < 4.78 is 5.11. The summed E-state index contributed by atoms with van der Waals surface area (Å²) in [5.41, 5.74) is 0.715. The molecule has 1 aromatic rings. The van der Waals surface area contributed by atoms with Crippen molar-refractivity contribution in [1.29, 1.82) is 0 Å². The molecule has 0 aliphatic heterocycles. The van der Waals surface area contributed by atoms with Crippen molar-refractivity contribution in [3.05, 3.63) is 29.8 Å². The molecule has 1 saturated carbocycles. The predicted octanol–water partition coefficient (Wildman–Crippen LogP) is 3.78. The first kappa shape index (κ1) is 14.9. The van der Waals surface area contributed by atoms with Gasteiger partial charge in [0.05, 0.1) is 7.11 Å². The van der Waals surface area contributed by atoms with Crippen LogP contribution in [-0.4, -0.2) is 19.1 Å². The van der Waals surface area contributed by atoms with Crippen LogP contribution in [0, 0.1) is 5.92 Å². The molecular weight excluding hydrogens is 250 g/mol. The highest BCUT2D eigenvalue weighted by molar-refractivity contribution is 5.94. The van der Waals surface area contributed by atoms with Gasteiger partial charge >= 0.3 is 0 Å². The van der Waals surface area contributed by atoms with Crippen LogP contribution in [0.1, 0.15) is 55.8 Å². The van der Waals surface area contributed by atoms with Crippen molar-refractivity contribution in [2.45, 2.75) is 51.5 Å². The molecule has 2 rings (SSSR count). The molecule has 2 atom stereocenters. The number of nitrogens with one attached hydrogen (secondary N) is 1. The fraction of sp³-hybridized carbons (Fsp3) is 0.588. The van der Waals surface area contributed by atoms with E-state index in [9.17, 15) is 4.79 Å². The Morgan fingerprint density at radius 2 is 2.05 bits per heavy atom. The number of carbonyl (C=O) groups excluding carboxylic acids is 1. The van der Waals surface area contributed by atoms with E-state index in [0.717, 1.165) is 12.2 Å². The van der Waals surface area contributed by atoms with E-state index in [-0.39, 0.29) is 5.91 Å². The van der Waals surface area contributed by atoms with Crippen molar-refractivity contribution in [3.8, 4) is 5.75 Å². The molecule has 1 fully saturated rings. The largest absolute Gasteiger partial charge is 0.497 e. The van der Waals surface area contributed by atoms with E-state index in [2.05, 4.69) is 12.2 Å². The summed E-state index contributed by atoms with van der Waals surface area (Å²) in [6.07, 6.45) is 7.35. The third-order valence-corrected chi connectivity index (χ3v) is 4.26. The number of benzene rings is 1. The summed E-state index contributed by atoms with van der Waals surface area (Å²) in [6, 6.07) is 7.67. The number of hydrogen-bond donors (Lipinski definition) is 1. The highest BCUT2D eigenvalue weighted by Gasteiger charge is 2.28. The summed E-state index contributed by atoms with van der Waals surface area (Å²) >= 11 is 0. The second-order valence-corrected chi connectivity index (χ2v) is 5.64. The van der Waals surface area contributed by atoms with Gasteiger partial charge in [-0.1, -0.05) is 26.2 Å². The Labute approximate surface area is 121 Å². The van der Waals surface area contributed by atoms with E-state index in [1.807, 2.05) is 24.3 Å². The Kier molecular flexibility index (Phi) is 5.45. The molecule has 0 bridgehead atoms. The van der Waals surface area contributed by atoms with E-state index >= 15 is 0 Å². The Morgan fingerprint density at radius 3 is 2.70 bits per heavy atom. The lowest BCUT2D eigenvalue weighted by molar-refractivity contribution is 0.0926. The lowest BCUT2D eigenvalue weighted by atomic mass is 9.96. The Balaban J connectivity index is 1.92. The van der Waals surface area contributed by atoms with Gasteiger partial charge in [0.2, 0.25) is 0 Å². The van der Waals surface area contributed by atoms with Gasteiger partial charge in [0, 0.05) is 11.6 Å². The average Bonchev–Trinajstić information content (AvgIpc) is 2.92. The van der Waals surface area contributed by atoms with Crippen LogP contribution < -0.4 is 10.1 Å². The highest BCUT2D eigenvalue weighted by Crippen LogP contribution is 2.30. The molecule has 1 aliphatic rings. The van der Waals surface area contributed by atoms with Crippen LogP contribution in [0.3, 0.4) is 0 Å². The third-order valence-electron chi connectivity index (χ3n) is 4.26. The minimum Gasteiger partial charge on any atom is -0.497 e. The molecular formula is C17H25NO2. The summed E-state index contributed by atoms with van der Waals surface area (Å²) in [5, 5.41) is 3.21. The Bertz CT molecular complexity index is 427. The molecule has 1 amide bonds. The number of ether oxygens (including phenoxy) is 1. The molecule has 1 aromatic carbocycles. The van der Waals surface area contributed by atoms with Gasteiger partial charge in [-0.2, -0.15) is 0 Å². The lowest BCUT2D eigenvalue weighted by Gasteiger charge is -2.21. The summed E-state index contributed by atoms with van der Waals surface area (Å²) in [4.78, 5) is 12.3. The van der Waals surface area contributed by atoms with Crippen molar-refractivity contribution in [2.75, 3.05) is 7.11 Å². The van der Waals surface area contributed by atoms with Crippen molar-refractivity contribution < 1.29 is 9.53 Å². The highest BCUT2D eigenvalue weighted by atomic mass is 16.5. The third kappa shape index (κ3) is 3.75. The van der Waals surface area contributed by atoms with E-state index in [1.54, 1.807) is 7.11 Å². The fourth-order valence-corrected chi connectivity index (χ4v) is 3.03. The minimum absolute atomic E-state index is 0.0426. The predicted molar refractivity (Wildman–Crippen MR) is 81.1 cm³/mol. The zero-order chi connectivity index (χ0) is 14.4. The standard InChI is InChI=1S/C17H25NO2/c1-3-4-6-13-7-5-8-16(13)18-17(19)14-9-11-15(20-2)12-10-14/h9-13,16H,3-8H2,1-2H3,(H,18,19). The van der Waals surface area contributed by atoms with Crippen molar-refractivity contribution >= 4 is 5.91 Å². The van der Waals surface area contributed by atoms with E-state index in [0.29, 0.717) is 17.5 Å². The van der Waals surface area contributed by atoms with Crippen LogP contribution in [-0.2, 0) is 0 Å². The SMILES string of the molecule is CCCCC1CCCC1NC(=O)c1ccc(OC)cc1. The second kappa shape index (κ2) is 7.32. The molecule has 20 heavy (non-hydrogen) atoms. The molecule has 3 heteroatoms. The van der Waals surface area contributed by atoms with Gasteiger partial charge in [-0.15, -0.1) is 0 Å². The zero-order valence-corrected chi connectivity index (χ0v) is 12.5. The molecule has 0 heterocycles. The summed E-state index contributed by atoms with van der Waals surface area (Å²) in [5.74, 6) is 1.49. The van der Waals surface area contributed by atoms with Crippen molar-refractivity contribution in [1.82, 2.24) is 5.32 Å². The zero-order valence-electron chi connectivity index (χ0n) is 12.5. The number of carbonyl (C=O) groups is 1. The first-order valence-electron chi connectivity index (χ1n) is 7.69. The van der Waals surface area contributed by atoms with Crippen LogP contribution in [0.15, 0.2) is 24.3 Å². The Hall–Kier alpha value is -1.51. The second-order valence-electron chi connectivity index (χ2n) is 5.64. The topological polar surface area (TPSA) is 38.3 Å². The minimum atomic E-state index is 0.0426. The van der Waals surface area contributed by atoms with Crippen LogP contribution in [0.4, 0.5) is 0 Å². The average molecular weight is 275 g/mol. The quantitative estimate of drug-likeness (QED) is 0.858. The van der Waals surface area contributed by atoms with Gasteiger partial charge in [-0.05, 0) is 49.4 Å². The van der Waals surface area contributed by atoms with Crippen LogP contribution >= 0.6 is 0 Å². The number of unbranched alkanes of at least 4 members (excludes halogenated alkanes) is 1. The van der Waals surface area contributed by atoms with Crippen LogP contribution in [0.5, 0.6) is 5.75 Å². The summed E-state index contributed by atoms with van der Waals surface area (Å²) in [7, 11) is 1.63. The van der Waals surface area contributed by atoms with Crippen molar-refractivity contribution in [2.24, 2.45) is 5.92 Å². The first-order valence-corrected chi connectivity index (χ1v) is 7.69. The lowest BCUT2D eigenvalue weighted by Crippen LogP contribution is -2.37. The van der Waals surface area contributed by atoms with Gasteiger partial charge in [-0.25, -0.2) is 0 Å². The monoisotopic (exact) mass is 275 g/mol. The molecule has 110 valence electrons. The molecule has 2 unspecified atom stereocenters. The molecule has 0 radical (unpaired) electrons. The van der Waals surface area contributed by atoms with Gasteiger partial charge in [0.1, 0.15) is 5.75 Å². The number of hydrogen-bond acceptors (Lipinski definition) is 2. The number of rotatable bonds is 6. The maximum Gasteiger partial charge on any atom is 0.251 e. The van der Waals surface area contributed by atoms with E-state index in [1.165, 1.54) is 32.1 Å². The van der Waals surface area contributed by atoms with E-state index in [4.69, 9.17) is 4.74 Å². The van der Waals surface area contributed by atoms with Crippen LogP contribution in [0.25, 0.3) is 0 Å². The maximum atomic E-state index is 12.3. The number of methoxy groups -OCH3 is 1.